The molecular formula is C20H18O4. The first-order valence-electron chi connectivity index (χ1n) is 7.95. The highest BCUT2D eigenvalue weighted by Crippen LogP contribution is 2.41. The second-order valence-corrected chi connectivity index (χ2v) is 5.49. The lowest BCUT2D eigenvalue weighted by atomic mass is 9.93. The Kier molecular flexibility index (Phi) is 4.75. The third-order valence-corrected chi connectivity index (χ3v) is 3.79. The Bertz CT molecular complexity index is 763. The first kappa shape index (κ1) is 16.0. The molecule has 3 rings (SSSR count). The summed E-state index contributed by atoms with van der Waals surface area (Å²) in [6.45, 7) is 2.17. The van der Waals surface area contributed by atoms with Crippen LogP contribution in [0, 0.1) is 0 Å². The molecule has 1 atom stereocenters. The van der Waals surface area contributed by atoms with Crippen molar-refractivity contribution in [1.29, 1.82) is 0 Å². The maximum absolute atomic E-state index is 12.4. The zero-order valence-corrected chi connectivity index (χ0v) is 13.4. The van der Waals surface area contributed by atoms with Gasteiger partial charge in [-0.05, 0) is 17.5 Å². The minimum Gasteiger partial charge on any atom is -0.462 e. The van der Waals surface area contributed by atoms with Crippen molar-refractivity contribution in [3.63, 3.8) is 0 Å². The highest BCUT2D eigenvalue weighted by molar-refractivity contribution is 6.22. The molecule has 0 amide bonds. The van der Waals surface area contributed by atoms with Gasteiger partial charge in [0.1, 0.15) is 0 Å². The van der Waals surface area contributed by atoms with Crippen LogP contribution < -0.4 is 0 Å². The number of esters is 2. The van der Waals surface area contributed by atoms with Crippen LogP contribution in [-0.2, 0) is 19.1 Å². The molecule has 1 aliphatic heterocycles. The largest absolute Gasteiger partial charge is 0.462 e. The van der Waals surface area contributed by atoms with Gasteiger partial charge in [-0.25, -0.2) is 9.59 Å². The molecule has 0 aliphatic carbocycles. The molecule has 0 spiro atoms. The number of benzene rings is 2. The fraction of sp³-hybridized carbons (Fsp3) is 0.200. The summed E-state index contributed by atoms with van der Waals surface area (Å²) in [4.78, 5) is 24.8. The minimum absolute atomic E-state index is 0.0106. The van der Waals surface area contributed by atoms with Crippen molar-refractivity contribution in [2.24, 2.45) is 0 Å². The summed E-state index contributed by atoms with van der Waals surface area (Å²) in [6.07, 6.45) is 0.0851. The first-order valence-corrected chi connectivity index (χ1v) is 7.95. The number of ether oxygens (including phenoxy) is 2. The molecule has 4 nitrogen and oxygen atoms in total. The number of carbonyl (C=O) groups excluding carboxylic acids is 2. The van der Waals surface area contributed by atoms with Crippen molar-refractivity contribution >= 4 is 17.5 Å². The van der Waals surface area contributed by atoms with Crippen LogP contribution in [0.4, 0.5) is 0 Å². The molecule has 0 radical (unpaired) electrons. The predicted octanol–water partition coefficient (Wildman–Crippen LogP) is 3.69. The van der Waals surface area contributed by atoms with E-state index in [2.05, 4.69) is 0 Å². The second-order valence-electron chi connectivity index (χ2n) is 5.49. The summed E-state index contributed by atoms with van der Waals surface area (Å²) in [5.41, 5.74) is 2.15. The van der Waals surface area contributed by atoms with Gasteiger partial charge in [-0.15, -0.1) is 0 Å². The topological polar surface area (TPSA) is 52.6 Å². The highest BCUT2D eigenvalue weighted by atomic mass is 16.6. The van der Waals surface area contributed by atoms with E-state index in [1.807, 2.05) is 67.6 Å². The molecule has 2 aromatic rings. The van der Waals surface area contributed by atoms with Crippen molar-refractivity contribution in [3.8, 4) is 0 Å². The zero-order valence-electron chi connectivity index (χ0n) is 13.4. The number of cyclic esters (lactones) is 1. The molecule has 0 saturated carbocycles. The third kappa shape index (κ3) is 3.08. The molecule has 0 bridgehead atoms. The molecule has 4 heteroatoms. The van der Waals surface area contributed by atoms with Crippen LogP contribution >= 0.6 is 0 Å². The molecule has 2 aromatic carbocycles. The first-order chi connectivity index (χ1) is 11.7. The molecule has 1 unspecified atom stereocenters. The fourth-order valence-electron chi connectivity index (χ4n) is 2.70. The molecule has 0 aromatic heterocycles. The predicted molar refractivity (Wildman–Crippen MR) is 89.9 cm³/mol. The molecule has 122 valence electrons. The van der Waals surface area contributed by atoms with E-state index >= 15 is 0 Å². The Balaban J connectivity index is 2.10. The lowest BCUT2D eigenvalue weighted by molar-refractivity contribution is -0.146. The van der Waals surface area contributed by atoms with Gasteiger partial charge in [0, 0.05) is 5.57 Å². The van der Waals surface area contributed by atoms with E-state index in [1.165, 1.54) is 0 Å². The SMILES string of the molecule is CCCOC(=O)C1=C(c2ccccc2)C(c2ccccc2)OC1=O. The van der Waals surface area contributed by atoms with E-state index in [0.717, 1.165) is 11.1 Å². The summed E-state index contributed by atoms with van der Waals surface area (Å²) >= 11 is 0. The number of hydrogen-bond acceptors (Lipinski definition) is 4. The smallest absolute Gasteiger partial charge is 0.347 e. The molecule has 0 N–H and O–H groups in total. The number of hydrogen-bond donors (Lipinski definition) is 0. The van der Waals surface area contributed by atoms with Crippen molar-refractivity contribution in [2.45, 2.75) is 19.4 Å². The maximum atomic E-state index is 12.4. The van der Waals surface area contributed by atoms with Crippen LogP contribution in [0.5, 0.6) is 0 Å². The molecule has 0 saturated heterocycles. The summed E-state index contributed by atoms with van der Waals surface area (Å²) in [5.74, 6) is -1.26. The third-order valence-electron chi connectivity index (χ3n) is 3.79. The monoisotopic (exact) mass is 322 g/mol. The quantitative estimate of drug-likeness (QED) is 0.622. The van der Waals surface area contributed by atoms with E-state index < -0.39 is 18.0 Å². The van der Waals surface area contributed by atoms with Crippen molar-refractivity contribution in [2.75, 3.05) is 6.61 Å². The Hall–Kier alpha value is -2.88. The van der Waals surface area contributed by atoms with Crippen LogP contribution in [0.3, 0.4) is 0 Å². The Morgan fingerprint density at radius 2 is 1.67 bits per heavy atom. The Morgan fingerprint density at radius 3 is 2.29 bits per heavy atom. The van der Waals surface area contributed by atoms with Crippen LogP contribution in [-0.4, -0.2) is 18.5 Å². The zero-order chi connectivity index (χ0) is 16.9. The lowest BCUT2D eigenvalue weighted by Gasteiger charge is -2.15. The lowest BCUT2D eigenvalue weighted by Crippen LogP contribution is -2.14. The average molecular weight is 322 g/mol. The van der Waals surface area contributed by atoms with Crippen LogP contribution in [0.2, 0.25) is 0 Å². The maximum Gasteiger partial charge on any atom is 0.347 e. The van der Waals surface area contributed by atoms with E-state index in [9.17, 15) is 9.59 Å². The van der Waals surface area contributed by atoms with Gasteiger partial charge in [-0.2, -0.15) is 0 Å². The van der Waals surface area contributed by atoms with Gasteiger partial charge in [0.25, 0.3) is 0 Å². The van der Waals surface area contributed by atoms with Gasteiger partial charge in [-0.3, -0.25) is 0 Å². The van der Waals surface area contributed by atoms with Gasteiger partial charge < -0.3 is 9.47 Å². The highest BCUT2D eigenvalue weighted by Gasteiger charge is 2.40. The van der Waals surface area contributed by atoms with Crippen LogP contribution in [0.1, 0.15) is 30.6 Å². The standard InChI is InChI=1S/C20H18O4/c1-2-13-23-19(21)17-16(14-9-5-3-6-10-14)18(24-20(17)22)15-11-7-4-8-12-15/h3-12,18H,2,13H2,1H3. The normalized spacial score (nSPS) is 16.9. The van der Waals surface area contributed by atoms with Gasteiger partial charge in [0.15, 0.2) is 11.7 Å². The number of carbonyl (C=O) groups is 2. The van der Waals surface area contributed by atoms with Gasteiger partial charge in [0.05, 0.1) is 6.61 Å². The van der Waals surface area contributed by atoms with Crippen molar-refractivity contribution in [3.05, 3.63) is 77.4 Å². The van der Waals surface area contributed by atoms with E-state index in [1.54, 1.807) is 0 Å². The molecule has 0 fully saturated rings. The molecular weight excluding hydrogens is 304 g/mol. The fourth-order valence-corrected chi connectivity index (χ4v) is 2.70. The molecule has 24 heavy (non-hydrogen) atoms. The summed E-state index contributed by atoms with van der Waals surface area (Å²) in [6, 6.07) is 18.7. The minimum atomic E-state index is -0.635. The van der Waals surface area contributed by atoms with E-state index in [4.69, 9.17) is 9.47 Å². The van der Waals surface area contributed by atoms with Gasteiger partial charge >= 0.3 is 11.9 Å². The van der Waals surface area contributed by atoms with Crippen LogP contribution in [0.15, 0.2) is 66.2 Å². The van der Waals surface area contributed by atoms with Gasteiger partial charge in [-0.1, -0.05) is 67.6 Å². The van der Waals surface area contributed by atoms with Crippen molar-refractivity contribution in [1.82, 2.24) is 0 Å². The summed E-state index contributed by atoms with van der Waals surface area (Å²) < 4.78 is 10.7. The number of rotatable bonds is 5. The summed E-state index contributed by atoms with van der Waals surface area (Å²) in [7, 11) is 0. The second kappa shape index (κ2) is 7.13. The molecule has 1 heterocycles. The average Bonchev–Trinajstić information content (AvgIpc) is 2.98. The van der Waals surface area contributed by atoms with Gasteiger partial charge in [0.2, 0.25) is 0 Å². The van der Waals surface area contributed by atoms with E-state index in [-0.39, 0.29) is 12.2 Å². The van der Waals surface area contributed by atoms with Crippen LogP contribution in [0.25, 0.3) is 5.57 Å². The summed E-state index contributed by atoms with van der Waals surface area (Å²) in [5, 5.41) is 0. The van der Waals surface area contributed by atoms with Crippen molar-refractivity contribution < 1.29 is 19.1 Å². The van der Waals surface area contributed by atoms with E-state index in [0.29, 0.717) is 12.0 Å². The molecule has 1 aliphatic rings. The Morgan fingerprint density at radius 1 is 1.04 bits per heavy atom. The Labute approximate surface area is 140 Å².